The molecule has 2 aliphatic heterocycles. The molecule has 0 saturated carbocycles. The van der Waals surface area contributed by atoms with Crippen molar-refractivity contribution in [3.63, 3.8) is 0 Å². The molecule has 2 fully saturated rings. The first kappa shape index (κ1) is 41.0. The van der Waals surface area contributed by atoms with E-state index in [1.807, 2.05) is 14.0 Å². The fourth-order valence-corrected chi connectivity index (χ4v) is 3.30. The Balaban J connectivity index is -0.000000218. The van der Waals surface area contributed by atoms with E-state index < -0.39 is 0 Å². The average Bonchev–Trinajstić information content (AvgIpc) is 2.75. The van der Waals surface area contributed by atoms with Crippen LogP contribution in [0, 0.1) is 29.0 Å². The first-order chi connectivity index (χ1) is 13.7. The summed E-state index contributed by atoms with van der Waals surface area (Å²) in [4.78, 5) is 9.75. The second-order valence-corrected chi connectivity index (χ2v) is 7.28. The van der Waals surface area contributed by atoms with Gasteiger partial charge in [-0.1, -0.05) is 0 Å². The number of hydrogen-bond acceptors (Lipinski definition) is 8. The third kappa shape index (κ3) is 21.2. The number of hydrogen-bond donors (Lipinski definition) is 2. The molecule has 2 aliphatic rings. The fourth-order valence-electron chi connectivity index (χ4n) is 3.30. The minimum absolute atomic E-state index is 0. The molecule has 2 saturated heterocycles. The summed E-state index contributed by atoms with van der Waals surface area (Å²) in [6.45, 7) is 18.9. The van der Waals surface area contributed by atoms with Gasteiger partial charge < -0.3 is 35.0 Å². The summed E-state index contributed by atoms with van der Waals surface area (Å²) < 4.78 is 10.2. The number of piperazine rings is 2. The van der Waals surface area contributed by atoms with Gasteiger partial charge in [0, 0.05) is 157 Å². The van der Waals surface area contributed by atoms with Gasteiger partial charge in [0.25, 0.3) is 0 Å². The zero-order chi connectivity index (χ0) is 20.5. The van der Waals surface area contributed by atoms with E-state index >= 15 is 0 Å². The topological polar surface area (TPSA) is 55.5 Å². The first-order valence-electron chi connectivity index (χ1n) is 10.7. The van der Waals surface area contributed by atoms with Crippen LogP contribution in [0.5, 0.6) is 0 Å². The van der Waals surface area contributed by atoms with Crippen molar-refractivity contribution in [2.45, 2.75) is 6.92 Å². The Hall–Kier alpha value is 1.89. The second-order valence-electron chi connectivity index (χ2n) is 7.28. The van der Waals surface area contributed by atoms with E-state index in [-0.39, 0.29) is 80.3 Å². The summed E-state index contributed by atoms with van der Waals surface area (Å²) in [5, 5.41) is 6.11. The molecule has 0 bridgehead atoms. The van der Waals surface area contributed by atoms with Crippen LogP contribution in [0.1, 0.15) is 6.92 Å². The maximum atomic E-state index is 5.37. The SMILES string of the molecule is [CH2-]NCCN1CCN(COCC)CC1.[CH2-]OCCN1CCN(CCNC)CC1.[CH3-].[CH3-].[Y].[Y]. The van der Waals surface area contributed by atoms with Gasteiger partial charge in [-0.25, -0.2) is 7.11 Å². The molecule has 10 heteroatoms. The Morgan fingerprint density at radius 1 is 0.750 bits per heavy atom. The van der Waals surface area contributed by atoms with Crippen molar-refractivity contribution in [1.82, 2.24) is 30.2 Å². The second kappa shape index (κ2) is 29.1. The van der Waals surface area contributed by atoms with Crippen LogP contribution in [0.25, 0.3) is 0 Å². The van der Waals surface area contributed by atoms with Crippen LogP contribution in [0.4, 0.5) is 0 Å². The zero-order valence-corrected chi connectivity index (χ0v) is 27.2. The molecule has 0 aromatic carbocycles. The van der Waals surface area contributed by atoms with Crippen LogP contribution in [-0.2, 0) is 74.9 Å². The van der Waals surface area contributed by atoms with Crippen molar-refractivity contribution in [3.05, 3.63) is 29.0 Å². The molecule has 190 valence electrons. The third-order valence-corrected chi connectivity index (χ3v) is 5.24. The van der Waals surface area contributed by atoms with E-state index in [9.17, 15) is 0 Å². The van der Waals surface area contributed by atoms with Gasteiger partial charge in [-0.05, 0) is 20.5 Å². The number of nitrogens with one attached hydrogen (secondary N) is 2. The molecule has 0 aromatic heterocycles. The molecule has 2 heterocycles. The molecule has 32 heavy (non-hydrogen) atoms. The van der Waals surface area contributed by atoms with Crippen LogP contribution in [0.2, 0.25) is 0 Å². The smallest absolute Gasteiger partial charge is 0.0990 e. The molecule has 0 amide bonds. The Labute approximate surface area is 251 Å². The monoisotopic (exact) mass is 608 g/mol. The molecule has 0 unspecified atom stereocenters. The number of nitrogens with zero attached hydrogens (tertiary/aromatic N) is 4. The third-order valence-electron chi connectivity index (χ3n) is 5.24. The molecule has 2 rings (SSSR count). The van der Waals surface area contributed by atoms with Crippen LogP contribution in [-0.4, -0.2) is 132 Å². The molecule has 0 atom stereocenters. The van der Waals surface area contributed by atoms with E-state index in [0.717, 1.165) is 91.9 Å². The summed E-state index contributed by atoms with van der Waals surface area (Å²) in [5.74, 6) is 0. The van der Waals surface area contributed by atoms with Gasteiger partial charge in [0.05, 0.1) is 6.73 Å². The quantitative estimate of drug-likeness (QED) is 0.311. The van der Waals surface area contributed by atoms with Gasteiger partial charge in [-0.2, -0.15) is 0 Å². The maximum absolute atomic E-state index is 5.37. The predicted octanol–water partition coefficient (Wildman–Crippen LogP) is 0.506. The van der Waals surface area contributed by atoms with Gasteiger partial charge in [0.1, 0.15) is 0 Å². The molecular weight excluding hydrogens is 558 g/mol. The maximum Gasteiger partial charge on any atom is 0.0990 e. The Morgan fingerprint density at radius 2 is 1.19 bits per heavy atom. The minimum atomic E-state index is 0. The Kier molecular flexibility index (Phi) is 37.3. The van der Waals surface area contributed by atoms with Crippen LogP contribution in [0.3, 0.4) is 0 Å². The fraction of sp³-hybridized carbons (Fsp3) is 0.818. The van der Waals surface area contributed by atoms with E-state index in [4.69, 9.17) is 9.47 Å². The summed E-state index contributed by atoms with van der Waals surface area (Å²) in [6.07, 6.45) is 0. The minimum Gasteiger partial charge on any atom is -0.554 e. The van der Waals surface area contributed by atoms with Crippen molar-refractivity contribution in [2.75, 3.05) is 112 Å². The van der Waals surface area contributed by atoms with Crippen LogP contribution in [0.15, 0.2) is 0 Å². The Bertz CT molecular complexity index is 282. The number of ether oxygens (including phenoxy) is 2. The summed E-state index contributed by atoms with van der Waals surface area (Å²) >= 11 is 0. The molecule has 0 spiro atoms. The number of rotatable bonds is 12. The largest absolute Gasteiger partial charge is 0.554 e. The summed E-state index contributed by atoms with van der Waals surface area (Å²) in [5.41, 5.74) is 0. The van der Waals surface area contributed by atoms with Crippen molar-refractivity contribution in [1.29, 1.82) is 0 Å². The van der Waals surface area contributed by atoms with E-state index in [2.05, 4.69) is 44.4 Å². The van der Waals surface area contributed by atoms with Crippen molar-refractivity contribution in [2.24, 2.45) is 0 Å². The molecule has 2 radical (unpaired) electrons. The van der Waals surface area contributed by atoms with Gasteiger partial charge in [-0.15, -0.1) is 0 Å². The van der Waals surface area contributed by atoms with Crippen molar-refractivity contribution in [3.8, 4) is 0 Å². The van der Waals surface area contributed by atoms with Gasteiger partial charge >= 0.3 is 0 Å². The van der Waals surface area contributed by atoms with Crippen LogP contribution < -0.4 is 10.6 Å². The average molecular weight is 608 g/mol. The Morgan fingerprint density at radius 3 is 1.59 bits per heavy atom. The van der Waals surface area contributed by atoms with Gasteiger partial charge in [0.15, 0.2) is 0 Å². The molecule has 0 aromatic rings. The molecule has 2 N–H and O–H groups in total. The van der Waals surface area contributed by atoms with Crippen molar-refractivity contribution >= 4 is 0 Å². The zero-order valence-electron chi connectivity index (χ0n) is 21.5. The predicted molar refractivity (Wildman–Crippen MR) is 129 cm³/mol. The van der Waals surface area contributed by atoms with Gasteiger partial charge in [0.2, 0.25) is 0 Å². The van der Waals surface area contributed by atoms with E-state index in [0.29, 0.717) is 0 Å². The first-order valence-corrected chi connectivity index (χ1v) is 10.7. The van der Waals surface area contributed by atoms with E-state index in [1.165, 1.54) is 13.1 Å². The summed E-state index contributed by atoms with van der Waals surface area (Å²) in [7, 11) is 9.00. The molecule has 8 nitrogen and oxygen atoms in total. The standard InChI is InChI=1S/2C10H22N3O.2CH3.2Y/c1-11-3-4-12-5-7-13(8-6-12)9-10-14-2;1-3-14-10-13-8-6-12(7-9-13)5-4-11-2;;;;/h2*11H,2-10H2,1H3;2*1H3;;/q4*-1;;. The van der Waals surface area contributed by atoms with Gasteiger partial charge in [-0.3, -0.25) is 26.6 Å². The molecule has 0 aliphatic carbocycles. The number of likely N-dealkylation sites (N-methyl/N-ethyl adjacent to an activating group) is 1. The van der Waals surface area contributed by atoms with Crippen LogP contribution >= 0.6 is 0 Å². The van der Waals surface area contributed by atoms with Crippen molar-refractivity contribution < 1.29 is 74.9 Å². The van der Waals surface area contributed by atoms with E-state index in [1.54, 1.807) is 0 Å². The summed E-state index contributed by atoms with van der Waals surface area (Å²) in [6, 6.07) is 0. The molecular formula is C22H50N6O2Y2-4. The normalized spacial score (nSPS) is 17.6.